The molecule has 0 saturated heterocycles. The molecular weight excluding hydrogens is 232 g/mol. The first-order chi connectivity index (χ1) is 7.63. The highest BCUT2D eigenvalue weighted by Crippen LogP contribution is 2.26. The van der Waals surface area contributed by atoms with E-state index in [1.165, 1.54) is 19.2 Å². The molecule has 0 aliphatic rings. The molecule has 1 aromatic carbocycles. The quantitative estimate of drug-likeness (QED) is 0.601. The Kier molecular flexibility index (Phi) is 4.31. The first-order valence-electron chi connectivity index (χ1n) is 4.63. The Morgan fingerprint density at radius 2 is 2.19 bits per heavy atom. The summed E-state index contributed by atoms with van der Waals surface area (Å²) in [7, 11) is 1.40. The van der Waals surface area contributed by atoms with Crippen LogP contribution in [0.5, 0.6) is 5.75 Å². The molecule has 0 N–H and O–H groups in total. The molecule has 0 fully saturated rings. The summed E-state index contributed by atoms with van der Waals surface area (Å²) in [6, 6.07) is 2.85. The summed E-state index contributed by atoms with van der Waals surface area (Å²) in [5, 5.41) is 0.311. The summed E-state index contributed by atoms with van der Waals surface area (Å²) < 4.78 is 9.78. The number of esters is 1. The number of ether oxygens (including phenoxy) is 2. The van der Waals surface area contributed by atoms with Crippen molar-refractivity contribution in [1.82, 2.24) is 0 Å². The molecule has 0 spiro atoms. The van der Waals surface area contributed by atoms with Crippen LogP contribution in [0.4, 0.5) is 0 Å². The molecule has 0 saturated carbocycles. The lowest BCUT2D eigenvalue weighted by molar-refractivity contribution is 0.0523. The first-order valence-corrected chi connectivity index (χ1v) is 5.01. The molecular formula is C11H11ClO4. The van der Waals surface area contributed by atoms with Crippen molar-refractivity contribution in [3.63, 3.8) is 0 Å². The minimum Gasteiger partial charge on any atom is -0.496 e. The van der Waals surface area contributed by atoms with Gasteiger partial charge in [-0.2, -0.15) is 0 Å². The number of rotatable bonds is 4. The van der Waals surface area contributed by atoms with Crippen LogP contribution >= 0.6 is 11.6 Å². The zero-order valence-corrected chi connectivity index (χ0v) is 9.71. The van der Waals surface area contributed by atoms with Gasteiger partial charge in [0.05, 0.1) is 24.8 Å². The molecule has 4 nitrogen and oxygen atoms in total. The summed E-state index contributed by atoms with van der Waals surface area (Å²) in [5.41, 5.74) is 0.256. The fraction of sp³-hybridized carbons (Fsp3) is 0.273. The predicted octanol–water partition coefficient (Wildman–Crippen LogP) is 2.34. The molecule has 0 aromatic heterocycles. The topological polar surface area (TPSA) is 52.6 Å². The van der Waals surface area contributed by atoms with Gasteiger partial charge in [-0.05, 0) is 19.1 Å². The summed E-state index contributed by atoms with van der Waals surface area (Å²) >= 11 is 5.80. The maximum atomic E-state index is 11.5. The molecule has 86 valence electrons. The van der Waals surface area contributed by atoms with Crippen LogP contribution in [-0.4, -0.2) is 26.0 Å². The van der Waals surface area contributed by atoms with Gasteiger partial charge >= 0.3 is 5.97 Å². The molecule has 0 aliphatic heterocycles. The Morgan fingerprint density at radius 3 is 2.69 bits per heavy atom. The second-order valence-corrected chi connectivity index (χ2v) is 3.34. The lowest BCUT2D eigenvalue weighted by Gasteiger charge is -2.09. The van der Waals surface area contributed by atoms with Gasteiger partial charge in [-0.3, -0.25) is 4.79 Å². The molecule has 0 radical (unpaired) electrons. The third-order valence-corrected chi connectivity index (χ3v) is 2.16. The second kappa shape index (κ2) is 5.51. The SMILES string of the molecule is CCOC(=O)c1cc(Cl)cc(OC)c1C=O. The molecule has 0 atom stereocenters. The molecule has 0 unspecified atom stereocenters. The average molecular weight is 243 g/mol. The normalized spacial score (nSPS) is 9.69. The second-order valence-electron chi connectivity index (χ2n) is 2.91. The largest absolute Gasteiger partial charge is 0.496 e. The van der Waals surface area contributed by atoms with Crippen LogP contribution in [0.25, 0.3) is 0 Å². The van der Waals surface area contributed by atoms with Gasteiger partial charge in [0.1, 0.15) is 5.75 Å². The number of halogens is 1. The van der Waals surface area contributed by atoms with Crippen molar-refractivity contribution in [1.29, 1.82) is 0 Å². The van der Waals surface area contributed by atoms with Gasteiger partial charge in [0.15, 0.2) is 6.29 Å². The number of carbonyl (C=O) groups excluding carboxylic acids is 2. The van der Waals surface area contributed by atoms with E-state index < -0.39 is 5.97 Å². The van der Waals surface area contributed by atoms with E-state index in [1.807, 2.05) is 0 Å². The van der Waals surface area contributed by atoms with E-state index in [4.69, 9.17) is 21.1 Å². The summed E-state index contributed by atoms with van der Waals surface area (Å²) in [6.07, 6.45) is 0.543. The van der Waals surface area contributed by atoms with Crippen molar-refractivity contribution >= 4 is 23.9 Å². The van der Waals surface area contributed by atoms with Crippen molar-refractivity contribution in [2.45, 2.75) is 6.92 Å². The maximum absolute atomic E-state index is 11.5. The van der Waals surface area contributed by atoms with E-state index >= 15 is 0 Å². The molecule has 0 bridgehead atoms. The molecule has 0 aliphatic carbocycles. The van der Waals surface area contributed by atoms with E-state index in [0.717, 1.165) is 0 Å². The summed E-state index contributed by atoms with van der Waals surface area (Å²) in [4.78, 5) is 22.4. The Labute approximate surface area is 98.1 Å². The van der Waals surface area contributed by atoms with Gasteiger partial charge in [0.2, 0.25) is 0 Å². The monoisotopic (exact) mass is 242 g/mol. The van der Waals surface area contributed by atoms with Crippen molar-refractivity contribution in [2.75, 3.05) is 13.7 Å². The lowest BCUT2D eigenvalue weighted by Crippen LogP contribution is -2.09. The standard InChI is InChI=1S/C11H11ClO4/c1-3-16-11(14)8-4-7(12)5-10(15-2)9(8)6-13/h4-6H,3H2,1-2H3. The van der Waals surface area contributed by atoms with E-state index in [0.29, 0.717) is 11.3 Å². The third kappa shape index (κ3) is 2.52. The molecule has 5 heteroatoms. The van der Waals surface area contributed by atoms with Crippen LogP contribution in [0.1, 0.15) is 27.6 Å². The Hall–Kier alpha value is -1.55. The maximum Gasteiger partial charge on any atom is 0.339 e. The molecule has 0 amide bonds. The minimum atomic E-state index is -0.592. The minimum absolute atomic E-state index is 0.112. The number of hydrogen-bond donors (Lipinski definition) is 0. The van der Waals surface area contributed by atoms with Gasteiger partial charge in [0, 0.05) is 5.02 Å². The highest BCUT2D eigenvalue weighted by molar-refractivity contribution is 6.31. The van der Waals surface area contributed by atoms with Crippen molar-refractivity contribution in [2.24, 2.45) is 0 Å². The van der Waals surface area contributed by atoms with Crippen molar-refractivity contribution in [3.8, 4) is 5.75 Å². The van der Waals surface area contributed by atoms with Gasteiger partial charge in [-0.25, -0.2) is 4.79 Å². The molecule has 16 heavy (non-hydrogen) atoms. The van der Waals surface area contributed by atoms with Gasteiger partial charge in [-0.15, -0.1) is 0 Å². The number of benzene rings is 1. The van der Waals surface area contributed by atoms with Crippen molar-refractivity contribution < 1.29 is 19.1 Å². The van der Waals surface area contributed by atoms with Crippen LogP contribution in [0, 0.1) is 0 Å². The van der Waals surface area contributed by atoms with Crippen LogP contribution in [0.15, 0.2) is 12.1 Å². The fourth-order valence-corrected chi connectivity index (χ4v) is 1.47. The fourth-order valence-electron chi connectivity index (χ4n) is 1.26. The number of hydrogen-bond acceptors (Lipinski definition) is 4. The Balaban J connectivity index is 3.30. The first kappa shape index (κ1) is 12.5. The molecule has 1 rings (SSSR count). The van der Waals surface area contributed by atoms with Crippen LogP contribution in [0.3, 0.4) is 0 Å². The van der Waals surface area contributed by atoms with Crippen LogP contribution in [-0.2, 0) is 4.74 Å². The van der Waals surface area contributed by atoms with E-state index in [2.05, 4.69) is 0 Å². The van der Waals surface area contributed by atoms with Crippen LogP contribution < -0.4 is 4.74 Å². The summed E-state index contributed by atoms with van der Waals surface area (Å²) in [6.45, 7) is 1.91. The van der Waals surface area contributed by atoms with Gasteiger partial charge in [0.25, 0.3) is 0 Å². The smallest absolute Gasteiger partial charge is 0.339 e. The number of methoxy groups -OCH3 is 1. The zero-order valence-electron chi connectivity index (χ0n) is 8.95. The predicted molar refractivity (Wildman–Crippen MR) is 59.3 cm³/mol. The number of carbonyl (C=O) groups is 2. The van der Waals surface area contributed by atoms with Gasteiger partial charge < -0.3 is 9.47 Å². The van der Waals surface area contributed by atoms with Crippen LogP contribution in [0.2, 0.25) is 5.02 Å². The molecule has 0 heterocycles. The van der Waals surface area contributed by atoms with Gasteiger partial charge in [-0.1, -0.05) is 11.6 Å². The Bertz CT molecular complexity index is 415. The van der Waals surface area contributed by atoms with Crippen molar-refractivity contribution in [3.05, 3.63) is 28.3 Å². The number of aldehydes is 1. The summed E-state index contributed by atoms with van der Waals surface area (Å²) in [5.74, 6) is -0.337. The van der Waals surface area contributed by atoms with E-state index in [-0.39, 0.29) is 23.5 Å². The zero-order chi connectivity index (χ0) is 12.1. The van der Waals surface area contributed by atoms with E-state index in [1.54, 1.807) is 6.92 Å². The lowest BCUT2D eigenvalue weighted by atomic mass is 10.1. The highest BCUT2D eigenvalue weighted by atomic mass is 35.5. The molecule has 1 aromatic rings. The third-order valence-electron chi connectivity index (χ3n) is 1.94. The highest BCUT2D eigenvalue weighted by Gasteiger charge is 2.17. The average Bonchev–Trinajstić information content (AvgIpc) is 2.28. The van der Waals surface area contributed by atoms with E-state index in [9.17, 15) is 9.59 Å². The Morgan fingerprint density at radius 1 is 1.50 bits per heavy atom.